The number of carbonyl (C=O) groups is 1. The summed E-state index contributed by atoms with van der Waals surface area (Å²) in [6.45, 7) is 5.82. The number of aryl methyl sites for hydroxylation is 2. The Bertz CT molecular complexity index is 1080. The van der Waals surface area contributed by atoms with E-state index in [4.69, 9.17) is 0 Å². The summed E-state index contributed by atoms with van der Waals surface area (Å²) >= 11 is 0. The second-order valence-electron chi connectivity index (χ2n) is 7.40. The lowest BCUT2D eigenvalue weighted by Crippen LogP contribution is -2.38. The van der Waals surface area contributed by atoms with E-state index in [-0.39, 0.29) is 22.4 Å². The highest BCUT2D eigenvalue weighted by Crippen LogP contribution is 2.32. The van der Waals surface area contributed by atoms with Crippen molar-refractivity contribution in [2.45, 2.75) is 38.5 Å². The molecule has 29 heavy (non-hydrogen) atoms. The maximum absolute atomic E-state index is 12.9. The lowest BCUT2D eigenvalue weighted by Gasteiger charge is -2.31. The number of nitrogens with zero attached hydrogens (tertiary/aromatic N) is 2. The molecule has 0 saturated heterocycles. The minimum atomic E-state index is -4.04. The largest absolute Gasteiger partial charge is 0.312 e. The number of carbonyl (C=O) groups excluding carboxylic acids is 1. The van der Waals surface area contributed by atoms with Crippen LogP contribution in [-0.2, 0) is 21.2 Å². The van der Waals surface area contributed by atoms with E-state index in [0.717, 1.165) is 24.5 Å². The summed E-state index contributed by atoms with van der Waals surface area (Å²) in [4.78, 5) is 24.5. The number of nitro groups is 1. The van der Waals surface area contributed by atoms with E-state index in [0.29, 0.717) is 23.5 Å². The Hall–Kier alpha value is -2.94. The van der Waals surface area contributed by atoms with Crippen LogP contribution in [0.3, 0.4) is 0 Å². The molecule has 0 saturated carbocycles. The summed E-state index contributed by atoms with van der Waals surface area (Å²) in [6.07, 6.45) is 1.66. The van der Waals surface area contributed by atoms with Gasteiger partial charge in [0, 0.05) is 30.3 Å². The second kappa shape index (κ2) is 7.82. The Morgan fingerprint density at radius 2 is 1.93 bits per heavy atom. The van der Waals surface area contributed by atoms with Crippen molar-refractivity contribution < 1.29 is 18.1 Å². The van der Waals surface area contributed by atoms with Gasteiger partial charge in [0.1, 0.15) is 0 Å². The van der Waals surface area contributed by atoms with Crippen molar-refractivity contribution in [1.82, 2.24) is 0 Å². The van der Waals surface area contributed by atoms with Crippen molar-refractivity contribution in [2.75, 3.05) is 16.2 Å². The van der Waals surface area contributed by atoms with Gasteiger partial charge in [-0.3, -0.25) is 19.6 Å². The van der Waals surface area contributed by atoms with Gasteiger partial charge in [0.2, 0.25) is 5.91 Å². The van der Waals surface area contributed by atoms with Crippen LogP contribution in [0.15, 0.2) is 41.3 Å². The molecule has 8 nitrogen and oxygen atoms in total. The normalized spacial score (nSPS) is 13.9. The first kappa shape index (κ1) is 20.8. The van der Waals surface area contributed by atoms with Gasteiger partial charge in [-0.05, 0) is 43.0 Å². The first-order valence-electron chi connectivity index (χ1n) is 9.32. The highest BCUT2D eigenvalue weighted by molar-refractivity contribution is 7.92. The molecular formula is C20H23N3O5S. The van der Waals surface area contributed by atoms with Crippen LogP contribution in [0.25, 0.3) is 0 Å². The highest BCUT2D eigenvalue weighted by Gasteiger charge is 2.26. The molecule has 2 aromatic carbocycles. The molecule has 1 amide bonds. The Morgan fingerprint density at radius 1 is 1.21 bits per heavy atom. The van der Waals surface area contributed by atoms with Crippen LogP contribution in [0.5, 0.6) is 0 Å². The number of nitro benzene ring substituents is 1. The van der Waals surface area contributed by atoms with Gasteiger partial charge >= 0.3 is 0 Å². The zero-order valence-corrected chi connectivity index (χ0v) is 17.3. The topological polar surface area (TPSA) is 110 Å². The number of rotatable bonds is 5. The van der Waals surface area contributed by atoms with Crippen molar-refractivity contribution in [1.29, 1.82) is 0 Å². The Balaban J connectivity index is 1.97. The van der Waals surface area contributed by atoms with Gasteiger partial charge in [-0.15, -0.1) is 0 Å². The number of amides is 1. The van der Waals surface area contributed by atoms with Crippen LogP contribution in [-0.4, -0.2) is 25.8 Å². The molecule has 0 unspecified atom stereocenters. The third kappa shape index (κ3) is 4.24. The van der Waals surface area contributed by atoms with E-state index < -0.39 is 14.9 Å². The van der Waals surface area contributed by atoms with Crippen LogP contribution >= 0.6 is 0 Å². The third-order valence-corrected chi connectivity index (χ3v) is 6.41. The van der Waals surface area contributed by atoms with Gasteiger partial charge in [-0.1, -0.05) is 26.0 Å². The number of hydrogen-bond acceptors (Lipinski definition) is 5. The minimum Gasteiger partial charge on any atom is -0.312 e. The van der Waals surface area contributed by atoms with Crippen LogP contribution in [0.1, 0.15) is 31.4 Å². The number of benzene rings is 2. The van der Waals surface area contributed by atoms with Crippen molar-refractivity contribution in [3.63, 3.8) is 0 Å². The molecule has 1 aliphatic rings. The van der Waals surface area contributed by atoms with Crippen molar-refractivity contribution in [3.05, 3.63) is 57.6 Å². The van der Waals surface area contributed by atoms with Gasteiger partial charge in [-0.2, -0.15) is 0 Å². The molecule has 154 valence electrons. The van der Waals surface area contributed by atoms with Crippen molar-refractivity contribution in [2.24, 2.45) is 5.92 Å². The quantitative estimate of drug-likeness (QED) is 0.590. The predicted octanol–water partition coefficient (Wildman–Crippen LogP) is 3.64. The maximum atomic E-state index is 12.9. The van der Waals surface area contributed by atoms with E-state index in [1.807, 2.05) is 19.9 Å². The van der Waals surface area contributed by atoms with E-state index >= 15 is 0 Å². The van der Waals surface area contributed by atoms with Crippen molar-refractivity contribution >= 4 is 33.0 Å². The second-order valence-corrected chi connectivity index (χ2v) is 9.05. The smallest absolute Gasteiger partial charge is 0.270 e. The fourth-order valence-electron chi connectivity index (χ4n) is 3.38. The van der Waals surface area contributed by atoms with Crippen molar-refractivity contribution in [3.8, 4) is 0 Å². The molecule has 1 N–H and O–H groups in total. The Labute approximate surface area is 169 Å². The first-order chi connectivity index (χ1) is 13.6. The zero-order chi connectivity index (χ0) is 21.3. The summed E-state index contributed by atoms with van der Waals surface area (Å²) in [6, 6.07) is 8.83. The molecule has 0 bridgehead atoms. The SMILES string of the molecule is Cc1ccc([N+](=O)[O-])cc1S(=O)(=O)Nc1ccc2c(c1)N(C(=O)C(C)C)CCC2. The fourth-order valence-corrected chi connectivity index (χ4v) is 4.70. The van der Waals surface area contributed by atoms with Crippen LogP contribution < -0.4 is 9.62 Å². The molecule has 1 heterocycles. The summed E-state index contributed by atoms with van der Waals surface area (Å²) < 4.78 is 28.2. The number of hydrogen-bond donors (Lipinski definition) is 1. The van der Waals surface area contributed by atoms with Gasteiger partial charge in [0.05, 0.1) is 15.5 Å². The molecule has 0 aromatic heterocycles. The van der Waals surface area contributed by atoms with E-state index in [1.54, 1.807) is 24.0 Å². The number of non-ortho nitro benzene ring substituents is 1. The van der Waals surface area contributed by atoms with Crippen LogP contribution in [0.4, 0.5) is 17.1 Å². The van der Waals surface area contributed by atoms with Gasteiger partial charge in [0.15, 0.2) is 0 Å². The standard InChI is InChI=1S/C20H23N3O5S/c1-13(2)20(24)22-10-4-5-15-7-8-16(11-18(15)22)21-29(27,28)19-12-17(23(25)26)9-6-14(19)3/h6-9,11-13,21H,4-5,10H2,1-3H3. The molecule has 0 aliphatic carbocycles. The molecule has 9 heteroatoms. The third-order valence-electron chi connectivity index (χ3n) is 4.89. The Kier molecular flexibility index (Phi) is 5.61. The number of anilines is 2. The summed E-state index contributed by atoms with van der Waals surface area (Å²) in [5, 5.41) is 11.0. The molecule has 0 fully saturated rings. The van der Waals surface area contributed by atoms with Gasteiger partial charge in [-0.25, -0.2) is 8.42 Å². The molecule has 1 aliphatic heterocycles. The molecule has 0 atom stereocenters. The molecule has 2 aromatic rings. The lowest BCUT2D eigenvalue weighted by atomic mass is 9.99. The van der Waals surface area contributed by atoms with Gasteiger partial charge in [0.25, 0.3) is 15.7 Å². The van der Waals surface area contributed by atoms with Gasteiger partial charge < -0.3 is 4.90 Å². The van der Waals surface area contributed by atoms with Crippen LogP contribution in [0.2, 0.25) is 0 Å². The predicted molar refractivity (Wildman–Crippen MR) is 111 cm³/mol. The first-order valence-corrected chi connectivity index (χ1v) is 10.8. The van der Waals surface area contributed by atoms with E-state index in [1.165, 1.54) is 12.1 Å². The lowest BCUT2D eigenvalue weighted by molar-refractivity contribution is -0.385. The van der Waals surface area contributed by atoms with E-state index in [9.17, 15) is 23.3 Å². The molecule has 3 rings (SSSR count). The monoisotopic (exact) mass is 417 g/mol. The minimum absolute atomic E-state index is 0.0134. The molecule has 0 spiro atoms. The summed E-state index contributed by atoms with van der Waals surface area (Å²) in [5.41, 5.74) is 2.09. The van der Waals surface area contributed by atoms with Crippen LogP contribution in [0, 0.1) is 23.0 Å². The Morgan fingerprint density at radius 3 is 2.59 bits per heavy atom. The highest BCUT2D eigenvalue weighted by atomic mass is 32.2. The molecule has 0 radical (unpaired) electrons. The number of fused-ring (bicyclic) bond motifs is 1. The zero-order valence-electron chi connectivity index (χ0n) is 16.5. The molecular weight excluding hydrogens is 394 g/mol. The average Bonchev–Trinajstić information content (AvgIpc) is 2.66. The maximum Gasteiger partial charge on any atom is 0.270 e. The number of nitrogens with one attached hydrogen (secondary N) is 1. The fraction of sp³-hybridized carbons (Fsp3) is 0.350. The average molecular weight is 417 g/mol. The van der Waals surface area contributed by atoms with E-state index in [2.05, 4.69) is 4.72 Å². The number of sulfonamides is 1. The summed E-state index contributed by atoms with van der Waals surface area (Å²) in [5.74, 6) is -0.186. The summed E-state index contributed by atoms with van der Waals surface area (Å²) in [7, 11) is -4.04.